The summed E-state index contributed by atoms with van der Waals surface area (Å²) >= 11 is 7.22. The molecule has 0 fully saturated rings. The highest BCUT2D eigenvalue weighted by atomic mass is 35.5. The van der Waals surface area contributed by atoms with Gasteiger partial charge in [0.25, 0.3) is 0 Å². The molecule has 1 aromatic carbocycles. The van der Waals surface area contributed by atoms with Crippen LogP contribution in [0.4, 0.5) is 5.69 Å². The van der Waals surface area contributed by atoms with Gasteiger partial charge in [-0.05, 0) is 24.3 Å². The first-order chi connectivity index (χ1) is 9.78. The number of nitrogens with one attached hydrogen (secondary N) is 1. The van der Waals surface area contributed by atoms with Gasteiger partial charge in [0.15, 0.2) is 4.47 Å². The van der Waals surface area contributed by atoms with Crippen molar-refractivity contribution in [2.75, 3.05) is 5.32 Å². The maximum absolute atomic E-state index is 9.37. The summed E-state index contributed by atoms with van der Waals surface area (Å²) in [5.74, 6) is 0. The van der Waals surface area contributed by atoms with Crippen LogP contribution in [0.15, 0.2) is 36.7 Å². The molecule has 6 heteroatoms. The van der Waals surface area contributed by atoms with E-state index in [0.29, 0.717) is 16.6 Å². The third kappa shape index (κ3) is 2.44. The highest BCUT2D eigenvalue weighted by Crippen LogP contribution is 2.25. The van der Waals surface area contributed by atoms with Crippen LogP contribution in [-0.2, 0) is 6.54 Å². The molecule has 3 aromatic rings. The number of thiazole rings is 1. The van der Waals surface area contributed by atoms with Crippen molar-refractivity contribution < 1.29 is 0 Å². The molecule has 3 rings (SSSR count). The second-order valence-corrected chi connectivity index (χ2v) is 5.80. The number of fused-ring (bicyclic) bond motifs is 1. The van der Waals surface area contributed by atoms with Crippen molar-refractivity contribution in [1.29, 1.82) is 5.26 Å². The molecular weight excluding hydrogens is 292 g/mol. The van der Waals surface area contributed by atoms with E-state index in [2.05, 4.69) is 21.4 Å². The molecule has 0 spiro atoms. The lowest BCUT2D eigenvalue weighted by Gasteiger charge is -2.08. The van der Waals surface area contributed by atoms with E-state index in [1.807, 2.05) is 24.3 Å². The molecule has 0 radical (unpaired) electrons. The van der Waals surface area contributed by atoms with Gasteiger partial charge in [-0.1, -0.05) is 11.6 Å². The van der Waals surface area contributed by atoms with E-state index in [-0.39, 0.29) is 0 Å². The summed E-state index contributed by atoms with van der Waals surface area (Å²) in [4.78, 5) is 9.26. The van der Waals surface area contributed by atoms with E-state index >= 15 is 0 Å². The average molecular weight is 301 g/mol. The highest BCUT2D eigenvalue weighted by molar-refractivity contribution is 7.15. The summed E-state index contributed by atoms with van der Waals surface area (Å²) in [5.41, 5.74) is 2.21. The normalized spacial score (nSPS) is 10.4. The Labute approximate surface area is 124 Å². The van der Waals surface area contributed by atoms with Gasteiger partial charge in [0.05, 0.1) is 23.3 Å². The van der Waals surface area contributed by atoms with Gasteiger partial charge in [-0.15, -0.1) is 11.3 Å². The Hall–Kier alpha value is -2.16. The highest BCUT2D eigenvalue weighted by Gasteiger charge is 2.08. The van der Waals surface area contributed by atoms with Crippen molar-refractivity contribution in [3.05, 3.63) is 51.6 Å². The van der Waals surface area contributed by atoms with Crippen molar-refractivity contribution in [1.82, 2.24) is 9.97 Å². The first kappa shape index (κ1) is 12.9. The van der Waals surface area contributed by atoms with Crippen LogP contribution in [0, 0.1) is 11.3 Å². The lowest BCUT2D eigenvalue weighted by atomic mass is 10.1. The number of hydrogen-bond acceptors (Lipinski definition) is 5. The third-order valence-electron chi connectivity index (χ3n) is 2.88. The van der Waals surface area contributed by atoms with Crippen LogP contribution in [0.2, 0.25) is 4.47 Å². The van der Waals surface area contributed by atoms with Crippen molar-refractivity contribution in [3.63, 3.8) is 0 Å². The molecule has 0 aliphatic heterocycles. The number of pyridine rings is 1. The van der Waals surface area contributed by atoms with Gasteiger partial charge in [-0.2, -0.15) is 5.26 Å². The summed E-state index contributed by atoms with van der Waals surface area (Å²) in [6, 6.07) is 9.74. The molecule has 4 nitrogen and oxygen atoms in total. The van der Waals surface area contributed by atoms with Crippen LogP contribution < -0.4 is 5.32 Å². The summed E-state index contributed by atoms with van der Waals surface area (Å²) in [6.45, 7) is 0.588. The Morgan fingerprint density at radius 3 is 2.95 bits per heavy atom. The van der Waals surface area contributed by atoms with Gasteiger partial charge in [-0.3, -0.25) is 4.98 Å². The standard InChI is InChI=1S/C14H9ClN4S/c15-14-19-8-9(20-14)7-18-13-4-3-12-10(11(13)6-16)2-1-5-17-12/h1-5,8,18H,7H2. The zero-order valence-electron chi connectivity index (χ0n) is 10.3. The minimum atomic E-state index is 0.519. The van der Waals surface area contributed by atoms with Gasteiger partial charge in [0.1, 0.15) is 6.07 Å². The molecule has 98 valence electrons. The summed E-state index contributed by atoms with van der Waals surface area (Å²) in [7, 11) is 0. The number of nitriles is 1. The molecule has 2 heterocycles. The number of rotatable bonds is 3. The number of aromatic nitrogens is 2. The van der Waals surface area contributed by atoms with Crippen molar-refractivity contribution in [3.8, 4) is 6.07 Å². The van der Waals surface area contributed by atoms with Crippen LogP contribution in [0.5, 0.6) is 0 Å². The van der Waals surface area contributed by atoms with Gasteiger partial charge >= 0.3 is 0 Å². The lowest BCUT2D eigenvalue weighted by molar-refractivity contribution is 1.17. The van der Waals surface area contributed by atoms with Crippen molar-refractivity contribution in [2.45, 2.75) is 6.54 Å². The third-order valence-corrected chi connectivity index (χ3v) is 3.99. The number of benzene rings is 1. The fourth-order valence-corrected chi connectivity index (χ4v) is 2.89. The topological polar surface area (TPSA) is 61.6 Å². The minimum Gasteiger partial charge on any atom is -0.379 e. The lowest BCUT2D eigenvalue weighted by Crippen LogP contribution is -2.00. The number of halogens is 1. The minimum absolute atomic E-state index is 0.519. The zero-order chi connectivity index (χ0) is 13.9. The summed E-state index contributed by atoms with van der Waals surface area (Å²) < 4.78 is 0.519. The van der Waals surface area contributed by atoms with Gasteiger partial charge < -0.3 is 5.32 Å². The Bertz CT molecular complexity index is 806. The molecule has 0 atom stereocenters. The second kappa shape index (κ2) is 5.45. The predicted octanol–water partition coefficient (Wildman–Crippen LogP) is 3.83. The average Bonchev–Trinajstić information content (AvgIpc) is 2.90. The van der Waals surface area contributed by atoms with Crippen molar-refractivity contribution >= 4 is 39.5 Å². The SMILES string of the molecule is N#Cc1c(NCc2cnc(Cl)s2)ccc2ncccc12. The Balaban J connectivity index is 1.93. The number of anilines is 1. The fourth-order valence-electron chi connectivity index (χ4n) is 1.97. The smallest absolute Gasteiger partial charge is 0.183 e. The first-order valence-electron chi connectivity index (χ1n) is 5.90. The Morgan fingerprint density at radius 2 is 2.20 bits per heavy atom. The molecule has 1 N–H and O–H groups in total. The number of nitrogens with zero attached hydrogens (tertiary/aromatic N) is 3. The number of hydrogen-bond donors (Lipinski definition) is 1. The van der Waals surface area contributed by atoms with E-state index in [4.69, 9.17) is 11.6 Å². The van der Waals surface area contributed by atoms with E-state index in [0.717, 1.165) is 21.5 Å². The maximum Gasteiger partial charge on any atom is 0.183 e. The molecule has 0 amide bonds. The van der Waals surface area contributed by atoms with E-state index < -0.39 is 0 Å². The van der Waals surface area contributed by atoms with E-state index in [1.165, 1.54) is 11.3 Å². The van der Waals surface area contributed by atoms with Crippen LogP contribution in [0.25, 0.3) is 10.9 Å². The first-order valence-corrected chi connectivity index (χ1v) is 7.09. The molecule has 0 saturated carbocycles. The fraction of sp³-hybridized carbons (Fsp3) is 0.0714. The van der Waals surface area contributed by atoms with Gasteiger partial charge in [0, 0.05) is 22.7 Å². The van der Waals surface area contributed by atoms with Crippen LogP contribution in [0.1, 0.15) is 10.4 Å². The van der Waals surface area contributed by atoms with E-state index in [1.54, 1.807) is 12.4 Å². The molecule has 0 unspecified atom stereocenters. The zero-order valence-corrected chi connectivity index (χ0v) is 11.9. The predicted molar refractivity (Wildman–Crippen MR) is 80.9 cm³/mol. The molecule has 0 bridgehead atoms. The molecule has 0 aliphatic rings. The molecule has 20 heavy (non-hydrogen) atoms. The van der Waals surface area contributed by atoms with Gasteiger partial charge in [0.2, 0.25) is 0 Å². The Kier molecular flexibility index (Phi) is 3.50. The van der Waals surface area contributed by atoms with E-state index in [9.17, 15) is 5.26 Å². The summed E-state index contributed by atoms with van der Waals surface area (Å²) in [6.07, 6.45) is 3.45. The molecule has 2 aromatic heterocycles. The van der Waals surface area contributed by atoms with Crippen LogP contribution in [-0.4, -0.2) is 9.97 Å². The molecular formula is C14H9ClN4S. The summed E-state index contributed by atoms with van der Waals surface area (Å²) in [5, 5.41) is 13.5. The maximum atomic E-state index is 9.37. The quantitative estimate of drug-likeness (QED) is 0.798. The van der Waals surface area contributed by atoms with Crippen molar-refractivity contribution in [2.24, 2.45) is 0 Å². The Morgan fingerprint density at radius 1 is 1.30 bits per heavy atom. The largest absolute Gasteiger partial charge is 0.379 e. The molecule has 0 saturated heterocycles. The van der Waals surface area contributed by atoms with Crippen LogP contribution in [0.3, 0.4) is 0 Å². The van der Waals surface area contributed by atoms with Crippen LogP contribution >= 0.6 is 22.9 Å². The monoisotopic (exact) mass is 300 g/mol. The second-order valence-electron chi connectivity index (χ2n) is 4.10. The van der Waals surface area contributed by atoms with Gasteiger partial charge in [-0.25, -0.2) is 4.98 Å². The molecule has 0 aliphatic carbocycles.